The highest BCUT2D eigenvalue weighted by molar-refractivity contribution is 5.81. The molecular formula is C16H20F3N3. The maximum absolute atomic E-state index is 12.8. The molecule has 1 heterocycles. The maximum atomic E-state index is 12.8. The predicted molar refractivity (Wildman–Crippen MR) is 82.7 cm³/mol. The third kappa shape index (κ3) is 4.34. The number of nitrogens with zero attached hydrogens (tertiary/aromatic N) is 2. The second-order valence-corrected chi connectivity index (χ2v) is 5.79. The Balaban J connectivity index is 2.36. The maximum Gasteiger partial charge on any atom is 0.405 e. The number of anilines is 1. The highest BCUT2D eigenvalue weighted by Crippen LogP contribution is 2.24. The molecule has 0 saturated carbocycles. The second kappa shape index (κ2) is 6.52. The van der Waals surface area contributed by atoms with Gasteiger partial charge in [0.1, 0.15) is 12.4 Å². The van der Waals surface area contributed by atoms with E-state index in [1.807, 2.05) is 26.0 Å². The van der Waals surface area contributed by atoms with Gasteiger partial charge < -0.3 is 10.6 Å². The van der Waals surface area contributed by atoms with E-state index in [1.165, 1.54) is 4.90 Å². The van der Waals surface area contributed by atoms with Gasteiger partial charge in [-0.25, -0.2) is 4.98 Å². The van der Waals surface area contributed by atoms with E-state index in [2.05, 4.69) is 4.98 Å². The molecule has 2 N–H and O–H groups in total. The lowest BCUT2D eigenvalue weighted by Crippen LogP contribution is -2.37. The van der Waals surface area contributed by atoms with Gasteiger partial charge >= 0.3 is 6.18 Å². The highest BCUT2D eigenvalue weighted by Gasteiger charge is 2.31. The first-order valence-corrected chi connectivity index (χ1v) is 7.20. The summed E-state index contributed by atoms with van der Waals surface area (Å²) in [6, 6.07) is 8.97. The number of nitrogens with two attached hydrogens (primary N) is 1. The number of fused-ring (bicyclic) bond motifs is 1. The van der Waals surface area contributed by atoms with E-state index >= 15 is 0 Å². The summed E-state index contributed by atoms with van der Waals surface area (Å²) in [5, 5.41) is 0.878. The fourth-order valence-corrected chi connectivity index (χ4v) is 2.36. The molecule has 2 aromatic rings. The third-order valence-corrected chi connectivity index (χ3v) is 3.25. The lowest BCUT2D eigenvalue weighted by atomic mass is 10.1. The summed E-state index contributed by atoms with van der Waals surface area (Å²) in [6.07, 6.45) is -4.26. The molecule has 0 aliphatic heterocycles. The van der Waals surface area contributed by atoms with Crippen molar-refractivity contribution in [3.8, 4) is 0 Å². The van der Waals surface area contributed by atoms with Crippen LogP contribution in [0.5, 0.6) is 0 Å². The average Bonchev–Trinajstić information content (AvgIpc) is 2.43. The Morgan fingerprint density at radius 3 is 2.50 bits per heavy atom. The first-order valence-electron chi connectivity index (χ1n) is 7.20. The summed E-state index contributed by atoms with van der Waals surface area (Å²) in [4.78, 5) is 5.65. The van der Waals surface area contributed by atoms with E-state index < -0.39 is 12.7 Å². The zero-order valence-corrected chi connectivity index (χ0v) is 12.7. The monoisotopic (exact) mass is 311 g/mol. The standard InChI is InChI=1S/C16H20F3N3/c1-11(2)9-22(10-16(17,18)19)15-6-4-13-7-12(8-20)3-5-14(13)21-15/h3-7,11H,8-10,20H2,1-2H3. The van der Waals surface area contributed by atoms with Crippen molar-refractivity contribution >= 4 is 16.7 Å². The smallest absolute Gasteiger partial charge is 0.347 e. The molecule has 1 aromatic carbocycles. The van der Waals surface area contributed by atoms with Gasteiger partial charge in [-0.2, -0.15) is 13.2 Å². The first kappa shape index (κ1) is 16.5. The lowest BCUT2D eigenvalue weighted by Gasteiger charge is -2.26. The number of hydrogen-bond donors (Lipinski definition) is 1. The number of aromatic nitrogens is 1. The third-order valence-electron chi connectivity index (χ3n) is 3.25. The Morgan fingerprint density at radius 1 is 1.18 bits per heavy atom. The van der Waals surface area contributed by atoms with Gasteiger partial charge in [0.2, 0.25) is 0 Å². The Labute approximate surface area is 127 Å². The van der Waals surface area contributed by atoms with Crippen molar-refractivity contribution in [3.63, 3.8) is 0 Å². The van der Waals surface area contributed by atoms with Gasteiger partial charge in [0.15, 0.2) is 0 Å². The molecule has 0 amide bonds. The molecule has 0 aliphatic rings. The largest absolute Gasteiger partial charge is 0.405 e. The minimum atomic E-state index is -4.26. The van der Waals surface area contributed by atoms with Gasteiger partial charge in [-0.05, 0) is 35.7 Å². The normalized spacial score (nSPS) is 12.1. The Morgan fingerprint density at radius 2 is 1.91 bits per heavy atom. The Hall–Kier alpha value is -1.82. The molecule has 0 spiro atoms. The fraction of sp³-hybridized carbons (Fsp3) is 0.438. The van der Waals surface area contributed by atoms with Gasteiger partial charge in [-0.15, -0.1) is 0 Å². The quantitative estimate of drug-likeness (QED) is 0.915. The van der Waals surface area contributed by atoms with Crippen LogP contribution in [0.25, 0.3) is 10.9 Å². The van der Waals surface area contributed by atoms with Crippen LogP contribution in [0.1, 0.15) is 19.4 Å². The molecule has 1 aromatic heterocycles. The van der Waals surface area contributed by atoms with Gasteiger partial charge in [0.05, 0.1) is 5.52 Å². The van der Waals surface area contributed by atoms with Crippen LogP contribution in [-0.4, -0.2) is 24.2 Å². The summed E-state index contributed by atoms with van der Waals surface area (Å²) in [6.45, 7) is 3.50. The van der Waals surface area contributed by atoms with Crippen molar-refractivity contribution < 1.29 is 13.2 Å². The van der Waals surface area contributed by atoms with E-state index in [-0.39, 0.29) is 5.92 Å². The van der Waals surface area contributed by atoms with Crippen molar-refractivity contribution in [1.82, 2.24) is 4.98 Å². The number of rotatable bonds is 5. The number of benzene rings is 1. The van der Waals surface area contributed by atoms with Crippen LogP contribution >= 0.6 is 0 Å². The highest BCUT2D eigenvalue weighted by atomic mass is 19.4. The average molecular weight is 311 g/mol. The second-order valence-electron chi connectivity index (χ2n) is 5.79. The van der Waals surface area contributed by atoms with Crippen LogP contribution in [0, 0.1) is 5.92 Å². The van der Waals surface area contributed by atoms with Gasteiger partial charge in [0.25, 0.3) is 0 Å². The molecule has 0 bridgehead atoms. The van der Waals surface area contributed by atoms with E-state index in [4.69, 9.17) is 5.73 Å². The van der Waals surface area contributed by atoms with E-state index in [0.29, 0.717) is 24.4 Å². The van der Waals surface area contributed by atoms with Crippen LogP contribution in [-0.2, 0) is 6.54 Å². The Kier molecular flexibility index (Phi) is 4.90. The molecular weight excluding hydrogens is 291 g/mol. The zero-order valence-electron chi connectivity index (χ0n) is 12.7. The van der Waals surface area contributed by atoms with Crippen LogP contribution in [0.3, 0.4) is 0 Å². The lowest BCUT2D eigenvalue weighted by molar-refractivity contribution is -0.120. The molecule has 0 radical (unpaired) electrons. The van der Waals surface area contributed by atoms with Crippen LogP contribution < -0.4 is 10.6 Å². The molecule has 0 fully saturated rings. The summed E-state index contributed by atoms with van der Waals surface area (Å²) in [5.41, 5.74) is 7.23. The molecule has 0 unspecified atom stereocenters. The SMILES string of the molecule is CC(C)CN(CC(F)(F)F)c1ccc2cc(CN)ccc2n1. The topological polar surface area (TPSA) is 42.1 Å². The fourth-order valence-electron chi connectivity index (χ4n) is 2.36. The van der Waals surface area contributed by atoms with Crippen LogP contribution in [0.15, 0.2) is 30.3 Å². The van der Waals surface area contributed by atoms with Crippen molar-refractivity contribution in [2.24, 2.45) is 11.7 Å². The molecule has 0 saturated heterocycles. The molecule has 6 heteroatoms. The van der Waals surface area contributed by atoms with Gasteiger partial charge in [0, 0.05) is 18.5 Å². The number of halogens is 3. The number of pyridine rings is 1. The summed E-state index contributed by atoms with van der Waals surface area (Å²) in [5.74, 6) is 0.457. The molecule has 3 nitrogen and oxygen atoms in total. The van der Waals surface area contributed by atoms with Crippen LogP contribution in [0.4, 0.5) is 19.0 Å². The summed E-state index contributed by atoms with van der Waals surface area (Å²) >= 11 is 0. The number of hydrogen-bond acceptors (Lipinski definition) is 3. The molecule has 22 heavy (non-hydrogen) atoms. The van der Waals surface area contributed by atoms with E-state index in [9.17, 15) is 13.2 Å². The molecule has 2 rings (SSSR count). The summed E-state index contributed by atoms with van der Waals surface area (Å²) in [7, 11) is 0. The molecule has 0 atom stereocenters. The molecule has 0 aliphatic carbocycles. The zero-order chi connectivity index (χ0) is 16.3. The minimum absolute atomic E-state index is 0.111. The number of alkyl halides is 3. The van der Waals surface area contributed by atoms with Crippen LogP contribution in [0.2, 0.25) is 0 Å². The molecule has 120 valence electrons. The first-order chi connectivity index (χ1) is 10.3. The van der Waals surface area contributed by atoms with Crippen molar-refractivity contribution in [3.05, 3.63) is 35.9 Å². The predicted octanol–water partition coefficient (Wildman–Crippen LogP) is 3.72. The van der Waals surface area contributed by atoms with E-state index in [0.717, 1.165) is 10.9 Å². The van der Waals surface area contributed by atoms with Crippen molar-refractivity contribution in [2.45, 2.75) is 26.6 Å². The van der Waals surface area contributed by atoms with E-state index in [1.54, 1.807) is 18.2 Å². The van der Waals surface area contributed by atoms with Crippen molar-refractivity contribution in [2.75, 3.05) is 18.0 Å². The van der Waals surface area contributed by atoms with Gasteiger partial charge in [-0.3, -0.25) is 0 Å². The summed E-state index contributed by atoms with van der Waals surface area (Å²) < 4.78 is 38.3. The van der Waals surface area contributed by atoms with Gasteiger partial charge in [-0.1, -0.05) is 19.9 Å². The van der Waals surface area contributed by atoms with Crippen molar-refractivity contribution in [1.29, 1.82) is 0 Å². The Bertz CT molecular complexity index is 638. The minimum Gasteiger partial charge on any atom is -0.347 e.